The summed E-state index contributed by atoms with van der Waals surface area (Å²) in [7, 11) is 0. The van der Waals surface area contributed by atoms with Gasteiger partial charge in [0, 0.05) is 12.2 Å². The summed E-state index contributed by atoms with van der Waals surface area (Å²) in [5.74, 6) is -0.865. The first-order valence-corrected chi connectivity index (χ1v) is 6.51. The minimum Gasteiger partial charge on any atom is -0.365 e. The Labute approximate surface area is 116 Å². The van der Waals surface area contributed by atoms with Crippen molar-refractivity contribution in [3.8, 4) is 0 Å². The highest BCUT2D eigenvalue weighted by atomic mass is 16.2. The van der Waals surface area contributed by atoms with Gasteiger partial charge in [0.1, 0.15) is 11.3 Å². The number of primary amides is 1. The predicted molar refractivity (Wildman–Crippen MR) is 73.3 cm³/mol. The fourth-order valence-electron chi connectivity index (χ4n) is 1.99. The van der Waals surface area contributed by atoms with Gasteiger partial charge in [0.15, 0.2) is 5.65 Å². The third kappa shape index (κ3) is 2.47. The van der Waals surface area contributed by atoms with Gasteiger partial charge in [-0.05, 0) is 18.9 Å². The number of nitrogens with zero attached hydrogens (tertiary/aromatic N) is 3. The van der Waals surface area contributed by atoms with Crippen LogP contribution >= 0.6 is 0 Å². The van der Waals surface area contributed by atoms with E-state index in [0.29, 0.717) is 5.69 Å². The van der Waals surface area contributed by atoms with E-state index in [1.165, 1.54) is 16.9 Å². The van der Waals surface area contributed by atoms with Crippen molar-refractivity contribution in [3.63, 3.8) is 0 Å². The number of hydrogen-bond acceptors (Lipinski definition) is 4. The van der Waals surface area contributed by atoms with Crippen LogP contribution in [0.25, 0.3) is 5.65 Å². The van der Waals surface area contributed by atoms with Gasteiger partial charge in [-0.3, -0.25) is 9.59 Å². The Morgan fingerprint density at radius 1 is 1.40 bits per heavy atom. The first kappa shape index (κ1) is 14.0. The zero-order valence-corrected chi connectivity index (χ0v) is 11.5. The summed E-state index contributed by atoms with van der Waals surface area (Å²) in [6.45, 7) is 4.02. The Bertz CT molecular complexity index is 645. The van der Waals surface area contributed by atoms with Crippen LogP contribution in [0.4, 0.5) is 0 Å². The maximum Gasteiger partial charge on any atom is 0.270 e. The number of nitrogens with two attached hydrogens (primary N) is 1. The number of carbonyl (C=O) groups excluding carboxylic acids is 2. The third-order valence-electron chi connectivity index (χ3n) is 3.22. The highest BCUT2D eigenvalue weighted by Crippen LogP contribution is 2.10. The van der Waals surface area contributed by atoms with Crippen molar-refractivity contribution < 1.29 is 9.59 Å². The molecule has 0 spiro atoms. The zero-order valence-electron chi connectivity index (χ0n) is 11.5. The lowest BCUT2D eigenvalue weighted by molar-refractivity contribution is 0.0926. The largest absolute Gasteiger partial charge is 0.365 e. The summed E-state index contributed by atoms with van der Waals surface area (Å²) < 4.78 is 1.33. The normalized spacial score (nSPS) is 10.9. The molecular formula is C13H17N5O2. The number of aromatic nitrogens is 3. The fraction of sp³-hybridized carbons (Fsp3) is 0.385. The molecule has 0 radical (unpaired) electrons. The monoisotopic (exact) mass is 275 g/mol. The summed E-state index contributed by atoms with van der Waals surface area (Å²) in [5, 5.41) is 6.93. The van der Waals surface area contributed by atoms with E-state index in [4.69, 9.17) is 5.73 Å². The minimum atomic E-state index is -0.620. The molecule has 20 heavy (non-hydrogen) atoms. The molecule has 2 aromatic rings. The number of hydrogen-bond donors (Lipinski definition) is 2. The second kappa shape index (κ2) is 5.68. The molecule has 3 N–H and O–H groups in total. The molecule has 0 bridgehead atoms. The molecule has 2 amide bonds. The number of rotatable bonds is 5. The number of fused-ring (bicyclic) bond motifs is 1. The van der Waals surface area contributed by atoms with Crippen LogP contribution in [0.5, 0.6) is 0 Å². The van der Waals surface area contributed by atoms with Gasteiger partial charge in [-0.2, -0.15) is 5.10 Å². The summed E-state index contributed by atoms with van der Waals surface area (Å²) >= 11 is 0. The molecule has 0 fully saturated rings. The van der Waals surface area contributed by atoms with E-state index in [1.54, 1.807) is 6.07 Å². The van der Waals surface area contributed by atoms with E-state index in [0.717, 1.165) is 12.8 Å². The minimum absolute atomic E-state index is 0.108. The van der Waals surface area contributed by atoms with Gasteiger partial charge in [0.05, 0.1) is 6.20 Å². The zero-order chi connectivity index (χ0) is 14.7. The Balaban J connectivity index is 2.40. The lowest BCUT2D eigenvalue weighted by Crippen LogP contribution is -2.35. The molecule has 2 rings (SSSR count). The third-order valence-corrected chi connectivity index (χ3v) is 3.22. The number of amides is 2. The summed E-state index contributed by atoms with van der Waals surface area (Å²) in [5.41, 5.74) is 6.05. The van der Waals surface area contributed by atoms with Crippen LogP contribution in [0.15, 0.2) is 18.5 Å². The average Bonchev–Trinajstić information content (AvgIpc) is 2.88. The Kier molecular flexibility index (Phi) is 3.97. The molecule has 0 aliphatic carbocycles. The van der Waals surface area contributed by atoms with Crippen LogP contribution in [-0.4, -0.2) is 32.5 Å². The molecule has 2 aromatic heterocycles. The molecule has 7 heteroatoms. The Hall–Kier alpha value is -2.44. The molecule has 0 saturated carbocycles. The second-order valence-corrected chi connectivity index (χ2v) is 4.47. The first-order chi connectivity index (χ1) is 9.58. The molecule has 0 aliphatic rings. The highest BCUT2D eigenvalue weighted by molar-refractivity contribution is 5.99. The molecular weight excluding hydrogens is 258 g/mol. The van der Waals surface area contributed by atoms with Gasteiger partial charge >= 0.3 is 0 Å². The predicted octanol–water partition coefficient (Wildman–Crippen LogP) is 0.747. The van der Waals surface area contributed by atoms with E-state index >= 15 is 0 Å². The van der Waals surface area contributed by atoms with Crippen LogP contribution < -0.4 is 11.1 Å². The van der Waals surface area contributed by atoms with Crippen LogP contribution in [-0.2, 0) is 0 Å². The van der Waals surface area contributed by atoms with Crippen LogP contribution in [0, 0.1) is 0 Å². The fourth-order valence-corrected chi connectivity index (χ4v) is 1.99. The lowest BCUT2D eigenvalue weighted by atomic mass is 10.1. The first-order valence-electron chi connectivity index (χ1n) is 6.51. The SMILES string of the molecule is CCC(CC)NC(=O)c1ccnc2c(C(N)=O)cnn12. The van der Waals surface area contributed by atoms with Crippen molar-refractivity contribution in [1.29, 1.82) is 0 Å². The van der Waals surface area contributed by atoms with E-state index < -0.39 is 5.91 Å². The maximum atomic E-state index is 12.3. The van der Waals surface area contributed by atoms with Gasteiger partial charge in [0.25, 0.3) is 11.8 Å². The van der Waals surface area contributed by atoms with Crippen molar-refractivity contribution in [2.75, 3.05) is 0 Å². The molecule has 0 saturated heterocycles. The van der Waals surface area contributed by atoms with Crippen molar-refractivity contribution in [2.45, 2.75) is 32.7 Å². The molecule has 0 aliphatic heterocycles. The molecule has 7 nitrogen and oxygen atoms in total. The quantitative estimate of drug-likeness (QED) is 0.840. The molecule has 0 aromatic carbocycles. The maximum absolute atomic E-state index is 12.3. The molecule has 0 unspecified atom stereocenters. The Morgan fingerprint density at radius 2 is 2.10 bits per heavy atom. The topological polar surface area (TPSA) is 102 Å². The molecule has 0 atom stereocenters. The van der Waals surface area contributed by atoms with Crippen LogP contribution in [0.1, 0.15) is 47.5 Å². The number of nitrogens with one attached hydrogen (secondary N) is 1. The van der Waals surface area contributed by atoms with Gasteiger partial charge in [0.2, 0.25) is 0 Å². The van der Waals surface area contributed by atoms with Crippen molar-refractivity contribution in [1.82, 2.24) is 19.9 Å². The van der Waals surface area contributed by atoms with Gasteiger partial charge in [-0.15, -0.1) is 0 Å². The van der Waals surface area contributed by atoms with Crippen molar-refractivity contribution in [3.05, 3.63) is 29.7 Å². The van der Waals surface area contributed by atoms with Gasteiger partial charge in [-0.25, -0.2) is 9.50 Å². The molecule has 2 heterocycles. The smallest absolute Gasteiger partial charge is 0.270 e. The highest BCUT2D eigenvalue weighted by Gasteiger charge is 2.18. The van der Waals surface area contributed by atoms with Crippen molar-refractivity contribution >= 4 is 17.5 Å². The Morgan fingerprint density at radius 3 is 2.70 bits per heavy atom. The second-order valence-electron chi connectivity index (χ2n) is 4.47. The summed E-state index contributed by atoms with van der Waals surface area (Å²) in [6.07, 6.45) is 4.48. The van der Waals surface area contributed by atoms with Crippen LogP contribution in [0.2, 0.25) is 0 Å². The van der Waals surface area contributed by atoms with E-state index in [1.807, 2.05) is 13.8 Å². The standard InChI is InChI=1S/C13H17N5O2/c1-3-8(4-2)17-13(20)10-5-6-15-12-9(11(14)19)7-16-18(10)12/h5-8H,3-4H2,1-2H3,(H2,14,19)(H,17,20). The summed E-state index contributed by atoms with van der Waals surface area (Å²) in [4.78, 5) is 27.6. The van der Waals surface area contributed by atoms with Crippen LogP contribution in [0.3, 0.4) is 0 Å². The van der Waals surface area contributed by atoms with E-state index in [-0.39, 0.29) is 23.2 Å². The number of carbonyl (C=O) groups is 2. The lowest BCUT2D eigenvalue weighted by Gasteiger charge is -2.14. The molecule has 106 valence electrons. The van der Waals surface area contributed by atoms with E-state index in [2.05, 4.69) is 15.4 Å². The summed E-state index contributed by atoms with van der Waals surface area (Å²) in [6, 6.07) is 1.67. The van der Waals surface area contributed by atoms with Gasteiger partial charge in [-0.1, -0.05) is 13.8 Å². The van der Waals surface area contributed by atoms with Crippen molar-refractivity contribution in [2.24, 2.45) is 5.73 Å². The van der Waals surface area contributed by atoms with E-state index in [9.17, 15) is 9.59 Å². The average molecular weight is 275 g/mol. The van der Waals surface area contributed by atoms with Gasteiger partial charge < -0.3 is 11.1 Å².